The Hall–Kier alpha value is -1.09. The number of nitrogens with zero attached hydrogens (tertiary/aromatic N) is 1. The lowest BCUT2D eigenvalue weighted by atomic mass is 9.82. The smallest absolute Gasteiger partial charge is 0.123 e. The first-order valence-electron chi connectivity index (χ1n) is 6.61. The van der Waals surface area contributed by atoms with Crippen LogP contribution in [-0.4, -0.2) is 16.2 Å². The zero-order valence-electron chi connectivity index (χ0n) is 10.0. The number of hydrogen-bond acceptors (Lipinski definition) is 3. The van der Waals surface area contributed by atoms with Crippen molar-refractivity contribution < 1.29 is 5.11 Å². The van der Waals surface area contributed by atoms with Crippen molar-refractivity contribution in [2.24, 2.45) is 17.8 Å². The molecule has 0 amide bonds. The standard InChI is InChI=1S/C14H20N2O/c15-14-8-10(3-4-16-14)7-13(17)12-6-9-1-2-11(12)5-9/h3-4,8-9,11-13,17H,1-2,5-7H2,(H2,15,16). The molecule has 17 heavy (non-hydrogen) atoms. The van der Waals surface area contributed by atoms with Crippen molar-refractivity contribution in [2.45, 2.75) is 38.2 Å². The van der Waals surface area contributed by atoms with Crippen LogP contribution < -0.4 is 5.73 Å². The molecule has 2 saturated carbocycles. The Bertz CT molecular complexity index is 407. The molecule has 3 heteroatoms. The van der Waals surface area contributed by atoms with Gasteiger partial charge in [0, 0.05) is 6.20 Å². The van der Waals surface area contributed by atoms with Gasteiger partial charge >= 0.3 is 0 Å². The second kappa shape index (κ2) is 4.30. The molecular formula is C14H20N2O. The van der Waals surface area contributed by atoms with Gasteiger partial charge in [-0.3, -0.25) is 0 Å². The first-order valence-corrected chi connectivity index (χ1v) is 6.61. The molecule has 0 radical (unpaired) electrons. The van der Waals surface area contributed by atoms with Gasteiger partial charge in [-0.25, -0.2) is 4.98 Å². The highest BCUT2D eigenvalue weighted by atomic mass is 16.3. The number of fused-ring (bicyclic) bond motifs is 2. The summed E-state index contributed by atoms with van der Waals surface area (Å²) in [5.41, 5.74) is 6.76. The molecule has 92 valence electrons. The first kappa shape index (κ1) is 11.0. The Morgan fingerprint density at radius 2 is 2.29 bits per heavy atom. The summed E-state index contributed by atoms with van der Waals surface area (Å²) in [6, 6.07) is 3.82. The predicted molar refractivity (Wildman–Crippen MR) is 67.3 cm³/mol. The monoisotopic (exact) mass is 232 g/mol. The van der Waals surface area contributed by atoms with Crippen LogP contribution in [-0.2, 0) is 6.42 Å². The maximum absolute atomic E-state index is 10.4. The number of nitrogen functional groups attached to an aromatic ring is 1. The third-order valence-corrected chi connectivity index (χ3v) is 4.58. The topological polar surface area (TPSA) is 59.1 Å². The molecule has 2 aliphatic rings. The van der Waals surface area contributed by atoms with Gasteiger partial charge in [-0.2, -0.15) is 0 Å². The van der Waals surface area contributed by atoms with Crippen molar-refractivity contribution in [1.82, 2.24) is 4.98 Å². The first-order chi connectivity index (χ1) is 8.22. The lowest BCUT2D eigenvalue weighted by molar-refractivity contribution is 0.0751. The van der Waals surface area contributed by atoms with Crippen LogP contribution in [0.1, 0.15) is 31.2 Å². The third-order valence-electron chi connectivity index (χ3n) is 4.58. The fourth-order valence-electron chi connectivity index (χ4n) is 3.78. The van der Waals surface area contributed by atoms with Gasteiger partial charge in [-0.1, -0.05) is 6.42 Å². The molecule has 2 fully saturated rings. The largest absolute Gasteiger partial charge is 0.392 e. The molecule has 1 aromatic heterocycles. The van der Waals surface area contributed by atoms with Crippen LogP contribution >= 0.6 is 0 Å². The molecule has 1 aromatic rings. The van der Waals surface area contributed by atoms with Gasteiger partial charge in [0.1, 0.15) is 5.82 Å². The Morgan fingerprint density at radius 1 is 1.41 bits per heavy atom. The van der Waals surface area contributed by atoms with E-state index in [2.05, 4.69) is 4.98 Å². The molecule has 0 saturated heterocycles. The van der Waals surface area contributed by atoms with Crippen molar-refractivity contribution >= 4 is 5.82 Å². The average molecular weight is 232 g/mol. The molecule has 4 atom stereocenters. The Morgan fingerprint density at radius 3 is 2.94 bits per heavy atom. The predicted octanol–water partition coefficient (Wildman–Crippen LogP) is 2.00. The quantitative estimate of drug-likeness (QED) is 0.838. The minimum atomic E-state index is -0.202. The van der Waals surface area contributed by atoms with E-state index < -0.39 is 0 Å². The molecule has 3 nitrogen and oxygen atoms in total. The van der Waals surface area contributed by atoms with Gasteiger partial charge < -0.3 is 10.8 Å². The number of hydrogen-bond donors (Lipinski definition) is 2. The lowest BCUT2D eigenvalue weighted by Gasteiger charge is -2.26. The highest BCUT2D eigenvalue weighted by Gasteiger charge is 2.42. The summed E-state index contributed by atoms with van der Waals surface area (Å²) in [7, 11) is 0. The summed E-state index contributed by atoms with van der Waals surface area (Å²) in [5.74, 6) is 2.72. The number of aromatic nitrogens is 1. The van der Waals surface area contributed by atoms with E-state index in [1.807, 2.05) is 12.1 Å². The van der Waals surface area contributed by atoms with E-state index >= 15 is 0 Å². The summed E-state index contributed by atoms with van der Waals surface area (Å²) in [4.78, 5) is 3.98. The SMILES string of the molecule is Nc1cc(CC(O)C2CC3CCC2C3)ccn1. The van der Waals surface area contributed by atoms with Crippen LogP contribution in [0.2, 0.25) is 0 Å². The molecule has 3 N–H and O–H groups in total. The maximum atomic E-state index is 10.4. The Kier molecular flexibility index (Phi) is 2.79. The third kappa shape index (κ3) is 2.16. The lowest BCUT2D eigenvalue weighted by Crippen LogP contribution is -2.27. The summed E-state index contributed by atoms with van der Waals surface area (Å²) in [5, 5.41) is 10.4. The van der Waals surface area contributed by atoms with Crippen LogP contribution in [0.25, 0.3) is 0 Å². The van der Waals surface area contributed by atoms with E-state index in [1.54, 1.807) is 6.20 Å². The number of pyridine rings is 1. The summed E-state index contributed by atoms with van der Waals surface area (Å²) < 4.78 is 0. The summed E-state index contributed by atoms with van der Waals surface area (Å²) >= 11 is 0. The van der Waals surface area contributed by atoms with Crippen molar-refractivity contribution in [3.05, 3.63) is 23.9 Å². The van der Waals surface area contributed by atoms with Gasteiger partial charge in [0.25, 0.3) is 0 Å². The molecule has 0 aliphatic heterocycles. The van der Waals surface area contributed by atoms with Crippen LogP contribution in [0.3, 0.4) is 0 Å². The fourth-order valence-corrected chi connectivity index (χ4v) is 3.78. The van der Waals surface area contributed by atoms with Gasteiger partial charge in [-0.15, -0.1) is 0 Å². The van der Waals surface area contributed by atoms with Gasteiger partial charge in [0.2, 0.25) is 0 Å². The minimum Gasteiger partial charge on any atom is -0.392 e. The molecule has 3 rings (SSSR count). The van der Waals surface area contributed by atoms with Crippen molar-refractivity contribution in [2.75, 3.05) is 5.73 Å². The van der Waals surface area contributed by atoms with Crippen LogP contribution in [0.4, 0.5) is 5.82 Å². The highest BCUT2D eigenvalue weighted by molar-refractivity contribution is 5.32. The summed E-state index contributed by atoms with van der Waals surface area (Å²) in [6.45, 7) is 0. The van der Waals surface area contributed by atoms with Gasteiger partial charge in [-0.05, 0) is 61.1 Å². The van der Waals surface area contributed by atoms with Gasteiger partial charge in [0.15, 0.2) is 0 Å². The van der Waals surface area contributed by atoms with Crippen LogP contribution in [0, 0.1) is 17.8 Å². The molecule has 4 unspecified atom stereocenters. The zero-order valence-corrected chi connectivity index (χ0v) is 10.0. The average Bonchev–Trinajstić information content (AvgIpc) is 2.90. The second-order valence-corrected chi connectivity index (χ2v) is 5.70. The summed E-state index contributed by atoms with van der Waals surface area (Å²) in [6.07, 6.45) is 7.53. The van der Waals surface area contributed by atoms with Crippen LogP contribution in [0.5, 0.6) is 0 Å². The Balaban J connectivity index is 1.65. The minimum absolute atomic E-state index is 0.202. The van der Waals surface area contributed by atoms with Crippen molar-refractivity contribution in [3.8, 4) is 0 Å². The molecule has 2 bridgehead atoms. The van der Waals surface area contributed by atoms with Gasteiger partial charge in [0.05, 0.1) is 6.10 Å². The molecule has 0 aromatic carbocycles. The van der Waals surface area contributed by atoms with E-state index in [9.17, 15) is 5.11 Å². The number of nitrogens with two attached hydrogens (primary N) is 1. The van der Waals surface area contributed by atoms with E-state index in [0.717, 1.165) is 23.8 Å². The molecule has 2 aliphatic carbocycles. The number of aliphatic hydroxyl groups excluding tert-OH is 1. The van der Waals surface area contributed by atoms with Crippen LogP contribution in [0.15, 0.2) is 18.3 Å². The molecular weight excluding hydrogens is 212 g/mol. The highest BCUT2D eigenvalue weighted by Crippen LogP contribution is 2.49. The fraction of sp³-hybridized carbons (Fsp3) is 0.643. The zero-order chi connectivity index (χ0) is 11.8. The molecule has 0 spiro atoms. The van der Waals surface area contributed by atoms with E-state index in [0.29, 0.717) is 11.7 Å². The molecule has 1 heterocycles. The number of rotatable bonds is 3. The van der Waals surface area contributed by atoms with E-state index in [1.165, 1.54) is 25.7 Å². The number of anilines is 1. The second-order valence-electron chi connectivity index (χ2n) is 5.70. The number of aliphatic hydroxyl groups is 1. The van der Waals surface area contributed by atoms with E-state index in [4.69, 9.17) is 5.73 Å². The Labute approximate surface area is 102 Å². The normalized spacial score (nSPS) is 32.9. The maximum Gasteiger partial charge on any atom is 0.123 e. The van der Waals surface area contributed by atoms with E-state index in [-0.39, 0.29) is 6.10 Å². The van der Waals surface area contributed by atoms with Crippen molar-refractivity contribution in [3.63, 3.8) is 0 Å². The van der Waals surface area contributed by atoms with Crippen molar-refractivity contribution in [1.29, 1.82) is 0 Å².